The van der Waals surface area contributed by atoms with E-state index in [-0.39, 0.29) is 17.2 Å². The van der Waals surface area contributed by atoms with Gasteiger partial charge in [0.05, 0.1) is 25.2 Å². The fourth-order valence-corrected chi connectivity index (χ4v) is 4.82. The summed E-state index contributed by atoms with van der Waals surface area (Å²) in [6, 6.07) is 12.7. The lowest BCUT2D eigenvalue weighted by atomic mass is 10.0. The number of hydrogen-bond donors (Lipinski definition) is 1. The lowest BCUT2D eigenvalue weighted by molar-refractivity contribution is -0.122. The van der Waals surface area contributed by atoms with Crippen LogP contribution in [0.5, 0.6) is 5.75 Å². The standard InChI is InChI=1S/C26H18BrCl3N2O4/c1-13-3-5-17(7-14(13)2)32-25(34)18(24(33)31-26(32)35)8-16-9-19(27)23(22(30)11-16)36-12-15-4-6-20(28)21(29)10-15/h3-11H,12H2,1-2H3,(H,31,33,35)/b18-8+. The molecule has 0 aromatic heterocycles. The number of ether oxygens (including phenoxy) is 1. The third-order valence-corrected chi connectivity index (χ3v) is 7.16. The van der Waals surface area contributed by atoms with Crippen LogP contribution in [-0.4, -0.2) is 17.8 Å². The zero-order valence-corrected chi connectivity index (χ0v) is 22.8. The first-order chi connectivity index (χ1) is 17.0. The molecule has 1 saturated heterocycles. The number of aryl methyl sites for hydroxylation is 2. The molecule has 4 amide bonds. The third-order valence-electron chi connectivity index (χ3n) is 5.55. The van der Waals surface area contributed by atoms with Crippen LogP contribution >= 0.6 is 50.7 Å². The second-order valence-corrected chi connectivity index (χ2v) is 10.2. The topological polar surface area (TPSA) is 75.7 Å². The minimum absolute atomic E-state index is 0.184. The smallest absolute Gasteiger partial charge is 0.335 e. The van der Waals surface area contributed by atoms with Crippen molar-refractivity contribution in [3.63, 3.8) is 0 Å². The molecular formula is C26H18BrCl3N2O4. The maximum Gasteiger partial charge on any atom is 0.335 e. The van der Waals surface area contributed by atoms with Crippen molar-refractivity contribution in [1.82, 2.24) is 5.32 Å². The van der Waals surface area contributed by atoms with Crippen molar-refractivity contribution in [1.29, 1.82) is 0 Å². The van der Waals surface area contributed by atoms with Gasteiger partial charge in [-0.25, -0.2) is 9.69 Å². The van der Waals surface area contributed by atoms with Gasteiger partial charge in [-0.2, -0.15) is 0 Å². The van der Waals surface area contributed by atoms with Crippen molar-refractivity contribution >= 4 is 80.3 Å². The second kappa shape index (κ2) is 10.6. The van der Waals surface area contributed by atoms with Crippen LogP contribution in [0.25, 0.3) is 6.08 Å². The number of nitrogens with one attached hydrogen (secondary N) is 1. The van der Waals surface area contributed by atoms with Crippen LogP contribution in [0.15, 0.2) is 58.6 Å². The van der Waals surface area contributed by atoms with Gasteiger partial charge in [-0.1, -0.05) is 46.9 Å². The molecule has 3 aromatic carbocycles. The van der Waals surface area contributed by atoms with Crippen LogP contribution in [0, 0.1) is 13.8 Å². The number of imide groups is 2. The molecule has 6 nitrogen and oxygen atoms in total. The Labute approximate surface area is 230 Å². The number of anilines is 1. The zero-order valence-electron chi connectivity index (χ0n) is 19.0. The predicted octanol–water partition coefficient (Wildman–Crippen LogP) is 7.27. The summed E-state index contributed by atoms with van der Waals surface area (Å²) in [5, 5.41) is 3.32. The van der Waals surface area contributed by atoms with Gasteiger partial charge < -0.3 is 4.74 Å². The van der Waals surface area contributed by atoms with Gasteiger partial charge in [-0.3, -0.25) is 14.9 Å². The molecule has 184 valence electrons. The van der Waals surface area contributed by atoms with E-state index in [1.165, 1.54) is 6.08 Å². The number of hydrogen-bond acceptors (Lipinski definition) is 4. The molecule has 0 saturated carbocycles. The molecule has 0 aliphatic carbocycles. The van der Waals surface area contributed by atoms with Gasteiger partial charge in [0.25, 0.3) is 11.8 Å². The Morgan fingerprint density at radius 3 is 2.33 bits per heavy atom. The summed E-state index contributed by atoms with van der Waals surface area (Å²) in [6.45, 7) is 3.98. The van der Waals surface area contributed by atoms with Crippen molar-refractivity contribution < 1.29 is 19.1 Å². The van der Waals surface area contributed by atoms with Gasteiger partial charge in [0, 0.05) is 0 Å². The summed E-state index contributed by atoms with van der Waals surface area (Å²) in [6.07, 6.45) is 1.37. The van der Waals surface area contributed by atoms with Crippen LogP contribution in [0.3, 0.4) is 0 Å². The van der Waals surface area contributed by atoms with Gasteiger partial charge in [0.15, 0.2) is 5.75 Å². The largest absolute Gasteiger partial charge is 0.486 e. The van der Waals surface area contributed by atoms with Gasteiger partial charge in [0.2, 0.25) is 0 Å². The Hall–Kier alpha value is -2.84. The van der Waals surface area contributed by atoms with E-state index in [4.69, 9.17) is 39.5 Å². The Balaban J connectivity index is 1.61. The van der Waals surface area contributed by atoms with Gasteiger partial charge >= 0.3 is 6.03 Å². The summed E-state index contributed by atoms with van der Waals surface area (Å²) >= 11 is 21.9. The Bertz CT molecular complexity index is 1430. The van der Waals surface area contributed by atoms with Crippen molar-refractivity contribution in [2.24, 2.45) is 0 Å². The molecular weight excluding hydrogens is 591 g/mol. The summed E-state index contributed by atoms with van der Waals surface area (Å²) < 4.78 is 6.35. The molecule has 1 aliphatic heterocycles. The summed E-state index contributed by atoms with van der Waals surface area (Å²) in [7, 11) is 0. The highest BCUT2D eigenvalue weighted by Crippen LogP contribution is 2.36. The molecule has 1 N–H and O–H groups in total. The molecule has 0 unspecified atom stereocenters. The number of barbiturate groups is 1. The summed E-state index contributed by atoms with van der Waals surface area (Å²) in [5.74, 6) is -1.16. The number of carbonyl (C=O) groups is 3. The molecule has 4 rings (SSSR count). The van der Waals surface area contributed by atoms with Gasteiger partial charge in [-0.15, -0.1) is 0 Å². The van der Waals surface area contributed by atoms with E-state index >= 15 is 0 Å². The number of nitrogens with zero attached hydrogens (tertiary/aromatic N) is 1. The highest BCUT2D eigenvalue weighted by Gasteiger charge is 2.37. The van der Waals surface area contributed by atoms with E-state index in [0.29, 0.717) is 31.5 Å². The van der Waals surface area contributed by atoms with E-state index in [0.717, 1.165) is 21.6 Å². The number of amides is 4. The molecule has 0 atom stereocenters. The zero-order chi connectivity index (χ0) is 26.1. The fourth-order valence-electron chi connectivity index (χ4n) is 3.51. The minimum Gasteiger partial charge on any atom is -0.486 e. The van der Waals surface area contributed by atoms with E-state index < -0.39 is 17.8 Å². The molecule has 1 fully saturated rings. The Morgan fingerprint density at radius 1 is 0.917 bits per heavy atom. The monoisotopic (exact) mass is 606 g/mol. The lowest BCUT2D eigenvalue weighted by Crippen LogP contribution is -2.54. The molecule has 0 bridgehead atoms. The van der Waals surface area contributed by atoms with E-state index in [2.05, 4.69) is 21.2 Å². The van der Waals surface area contributed by atoms with Crippen LogP contribution in [0.1, 0.15) is 22.3 Å². The molecule has 10 heteroatoms. The van der Waals surface area contributed by atoms with Crippen LogP contribution in [0.4, 0.5) is 10.5 Å². The average Bonchev–Trinajstić information content (AvgIpc) is 2.80. The first kappa shape index (κ1) is 26.2. The Kier molecular flexibility index (Phi) is 7.76. The minimum atomic E-state index is -0.810. The van der Waals surface area contributed by atoms with Crippen LogP contribution < -0.4 is 15.0 Å². The van der Waals surface area contributed by atoms with E-state index in [1.807, 2.05) is 13.8 Å². The van der Waals surface area contributed by atoms with E-state index in [1.54, 1.807) is 48.5 Å². The fraction of sp³-hybridized carbons (Fsp3) is 0.115. The normalized spacial score (nSPS) is 14.9. The molecule has 1 aliphatic rings. The SMILES string of the molecule is Cc1ccc(N2C(=O)NC(=O)/C(=C\c3cc(Cl)c(OCc4ccc(Cl)c(Cl)c4)c(Br)c3)C2=O)cc1C. The van der Waals surface area contributed by atoms with Crippen molar-refractivity contribution in [3.05, 3.63) is 95.9 Å². The maximum atomic E-state index is 13.2. The lowest BCUT2D eigenvalue weighted by Gasteiger charge is -2.27. The van der Waals surface area contributed by atoms with Gasteiger partial charge in [0.1, 0.15) is 12.2 Å². The highest BCUT2D eigenvalue weighted by molar-refractivity contribution is 9.10. The third kappa shape index (κ3) is 5.44. The second-order valence-electron chi connectivity index (χ2n) is 8.08. The van der Waals surface area contributed by atoms with Crippen molar-refractivity contribution in [3.8, 4) is 5.75 Å². The van der Waals surface area contributed by atoms with Crippen LogP contribution in [0.2, 0.25) is 15.1 Å². The molecule has 3 aromatic rings. The predicted molar refractivity (Wildman–Crippen MR) is 145 cm³/mol. The number of benzene rings is 3. The average molecular weight is 609 g/mol. The number of urea groups is 1. The van der Waals surface area contributed by atoms with E-state index in [9.17, 15) is 14.4 Å². The summed E-state index contributed by atoms with van der Waals surface area (Å²) in [5.41, 5.74) is 3.32. The first-order valence-corrected chi connectivity index (χ1v) is 12.5. The number of carbonyl (C=O) groups excluding carboxylic acids is 3. The Morgan fingerprint density at radius 2 is 1.67 bits per heavy atom. The quantitative estimate of drug-likeness (QED) is 0.244. The highest BCUT2D eigenvalue weighted by atomic mass is 79.9. The molecule has 0 radical (unpaired) electrons. The molecule has 0 spiro atoms. The summed E-state index contributed by atoms with van der Waals surface area (Å²) in [4.78, 5) is 39.1. The number of halogens is 4. The maximum absolute atomic E-state index is 13.2. The van der Waals surface area contributed by atoms with Crippen molar-refractivity contribution in [2.75, 3.05) is 4.90 Å². The number of rotatable bonds is 5. The van der Waals surface area contributed by atoms with Crippen molar-refractivity contribution in [2.45, 2.75) is 20.5 Å². The first-order valence-electron chi connectivity index (χ1n) is 10.6. The molecule has 36 heavy (non-hydrogen) atoms. The van der Waals surface area contributed by atoms with Crippen LogP contribution in [-0.2, 0) is 16.2 Å². The van der Waals surface area contributed by atoms with Gasteiger partial charge in [-0.05, 0) is 94.5 Å². The molecule has 1 heterocycles.